The van der Waals surface area contributed by atoms with Crippen LogP contribution < -0.4 is 14.9 Å². The second-order valence-electron chi connectivity index (χ2n) is 10.3. The van der Waals surface area contributed by atoms with Crippen LogP contribution in [0.4, 0.5) is 24.5 Å². The average Bonchev–Trinajstić information content (AvgIpc) is 3.17. The molecule has 2 fully saturated rings. The second kappa shape index (κ2) is 13.6. The molecule has 13 heteroatoms. The van der Waals surface area contributed by atoms with E-state index in [0.29, 0.717) is 27.3 Å². The third kappa shape index (κ3) is 8.59. The van der Waals surface area contributed by atoms with E-state index in [4.69, 9.17) is 9.90 Å². The Kier molecular flexibility index (Phi) is 10.6. The molecular formula is C28H37F3N4O5S. The Bertz CT molecular complexity index is 1330. The Morgan fingerprint density at radius 1 is 0.902 bits per heavy atom. The van der Waals surface area contributed by atoms with Gasteiger partial charge in [-0.25, -0.2) is 13.2 Å². The topological polar surface area (TPSA) is 119 Å². The minimum atomic E-state index is -5.08. The normalized spacial score (nSPS) is 16.3. The Balaban J connectivity index is 0.000000587. The van der Waals surface area contributed by atoms with Gasteiger partial charge in [0.15, 0.2) is 0 Å². The molecule has 2 aliphatic rings. The van der Waals surface area contributed by atoms with Crippen molar-refractivity contribution in [3.63, 3.8) is 0 Å². The van der Waals surface area contributed by atoms with Gasteiger partial charge in [0.1, 0.15) is 0 Å². The van der Waals surface area contributed by atoms with Crippen LogP contribution in [0, 0.1) is 20.8 Å². The van der Waals surface area contributed by atoms with Crippen molar-refractivity contribution < 1.29 is 36.3 Å². The summed E-state index contributed by atoms with van der Waals surface area (Å²) in [5, 5.41) is 10.5. The van der Waals surface area contributed by atoms with Crippen LogP contribution in [0.25, 0.3) is 0 Å². The van der Waals surface area contributed by atoms with Crippen molar-refractivity contribution in [2.24, 2.45) is 0 Å². The van der Waals surface area contributed by atoms with Crippen molar-refractivity contribution in [2.45, 2.75) is 57.5 Å². The number of nitrogens with one attached hydrogen (secondary N) is 2. The maximum absolute atomic E-state index is 13.6. The number of carboxylic acids is 1. The first-order chi connectivity index (χ1) is 19.2. The minimum absolute atomic E-state index is 0.0306. The van der Waals surface area contributed by atoms with E-state index in [2.05, 4.69) is 14.9 Å². The van der Waals surface area contributed by atoms with Gasteiger partial charge in [0, 0.05) is 44.8 Å². The van der Waals surface area contributed by atoms with Gasteiger partial charge in [0.25, 0.3) is 15.9 Å². The number of aliphatic carboxylic acids is 1. The number of alkyl halides is 3. The molecule has 0 radical (unpaired) electrons. The molecule has 2 aromatic rings. The van der Waals surface area contributed by atoms with Gasteiger partial charge >= 0.3 is 12.1 Å². The Morgan fingerprint density at radius 3 is 1.95 bits per heavy atom. The molecule has 0 atom stereocenters. The third-order valence-electron chi connectivity index (χ3n) is 6.95. The van der Waals surface area contributed by atoms with Crippen molar-refractivity contribution in [3.8, 4) is 0 Å². The summed E-state index contributed by atoms with van der Waals surface area (Å²) in [6, 6.07) is 9.23. The zero-order chi connectivity index (χ0) is 30.4. The van der Waals surface area contributed by atoms with Crippen LogP contribution in [0.2, 0.25) is 0 Å². The summed E-state index contributed by atoms with van der Waals surface area (Å²) in [5.74, 6) is -2.79. The van der Waals surface area contributed by atoms with Gasteiger partial charge in [0.2, 0.25) is 0 Å². The number of anilines is 2. The van der Waals surface area contributed by atoms with Crippen LogP contribution in [-0.2, 0) is 14.8 Å². The van der Waals surface area contributed by atoms with E-state index in [9.17, 15) is 26.4 Å². The SMILES string of the molecule is Cc1cc(C)c(S(=O)(=O)Nc2cc(C(=O)N3CCCCCC3)ccc2N2CCNCC2)c(C)c1.O=C(O)C(F)(F)F. The van der Waals surface area contributed by atoms with E-state index in [1.165, 1.54) is 0 Å². The lowest BCUT2D eigenvalue weighted by molar-refractivity contribution is -0.192. The van der Waals surface area contributed by atoms with Gasteiger partial charge in [-0.3, -0.25) is 9.52 Å². The minimum Gasteiger partial charge on any atom is -0.475 e. The summed E-state index contributed by atoms with van der Waals surface area (Å²) in [6.07, 6.45) is -0.774. The molecule has 41 heavy (non-hydrogen) atoms. The van der Waals surface area contributed by atoms with Crippen LogP contribution >= 0.6 is 0 Å². The number of carbonyl (C=O) groups excluding carboxylic acids is 1. The van der Waals surface area contributed by atoms with Crippen LogP contribution in [0.3, 0.4) is 0 Å². The van der Waals surface area contributed by atoms with E-state index >= 15 is 0 Å². The van der Waals surface area contributed by atoms with Crippen LogP contribution in [0.15, 0.2) is 35.2 Å². The third-order valence-corrected chi connectivity index (χ3v) is 8.62. The van der Waals surface area contributed by atoms with Gasteiger partial charge in [0.05, 0.1) is 16.3 Å². The van der Waals surface area contributed by atoms with E-state index in [0.717, 1.165) is 76.2 Å². The highest BCUT2D eigenvalue weighted by Gasteiger charge is 2.38. The zero-order valence-electron chi connectivity index (χ0n) is 23.5. The Labute approximate surface area is 238 Å². The molecule has 2 saturated heterocycles. The van der Waals surface area contributed by atoms with Crippen LogP contribution in [0.1, 0.15) is 52.7 Å². The average molecular weight is 599 g/mol. The molecule has 226 valence electrons. The number of halogens is 3. The number of hydrogen-bond donors (Lipinski definition) is 3. The zero-order valence-corrected chi connectivity index (χ0v) is 24.3. The predicted molar refractivity (Wildman–Crippen MR) is 151 cm³/mol. The number of amides is 1. The van der Waals surface area contributed by atoms with Gasteiger partial charge < -0.3 is 20.2 Å². The summed E-state index contributed by atoms with van der Waals surface area (Å²) in [5.41, 5.74) is 4.24. The van der Waals surface area contributed by atoms with Crippen molar-refractivity contribution in [3.05, 3.63) is 52.6 Å². The molecular weight excluding hydrogens is 561 g/mol. The molecule has 0 spiro atoms. The van der Waals surface area contributed by atoms with E-state index in [-0.39, 0.29) is 5.91 Å². The van der Waals surface area contributed by atoms with Crippen molar-refractivity contribution in [1.82, 2.24) is 10.2 Å². The molecule has 0 aromatic heterocycles. The second-order valence-corrected chi connectivity index (χ2v) is 11.9. The summed E-state index contributed by atoms with van der Waals surface area (Å²) >= 11 is 0. The molecule has 4 rings (SSSR count). The van der Waals surface area contributed by atoms with E-state index in [1.807, 2.05) is 49.9 Å². The molecule has 3 N–H and O–H groups in total. The van der Waals surface area contributed by atoms with Crippen molar-refractivity contribution in [1.29, 1.82) is 0 Å². The number of carboxylic acid groups (broad SMARTS) is 1. The van der Waals surface area contributed by atoms with Gasteiger partial charge in [-0.05, 0) is 62.9 Å². The number of carbonyl (C=O) groups is 2. The summed E-state index contributed by atoms with van der Waals surface area (Å²) < 4.78 is 61.7. The van der Waals surface area contributed by atoms with Crippen molar-refractivity contribution >= 4 is 33.3 Å². The number of likely N-dealkylation sites (tertiary alicyclic amines) is 1. The number of aryl methyl sites for hydroxylation is 3. The number of rotatable bonds is 5. The van der Waals surface area contributed by atoms with Crippen molar-refractivity contribution in [2.75, 3.05) is 48.9 Å². The maximum atomic E-state index is 13.6. The van der Waals surface area contributed by atoms with E-state index in [1.54, 1.807) is 6.07 Å². The first kappa shape index (κ1) is 32.2. The summed E-state index contributed by atoms with van der Waals surface area (Å²) in [4.78, 5) is 26.6. The highest BCUT2D eigenvalue weighted by Crippen LogP contribution is 2.32. The number of benzene rings is 2. The summed E-state index contributed by atoms with van der Waals surface area (Å²) in [7, 11) is -3.84. The highest BCUT2D eigenvalue weighted by atomic mass is 32.2. The Hall–Kier alpha value is -3.32. The molecule has 0 bridgehead atoms. The number of hydrogen-bond acceptors (Lipinski definition) is 6. The number of piperazine rings is 1. The molecule has 0 aliphatic carbocycles. The van der Waals surface area contributed by atoms with Gasteiger partial charge in [-0.1, -0.05) is 30.5 Å². The first-order valence-corrected chi connectivity index (χ1v) is 15.0. The lowest BCUT2D eigenvalue weighted by Crippen LogP contribution is -2.43. The molecule has 2 aliphatic heterocycles. The smallest absolute Gasteiger partial charge is 0.475 e. The van der Waals surface area contributed by atoms with Gasteiger partial charge in [-0.2, -0.15) is 13.2 Å². The number of sulfonamides is 1. The molecule has 0 unspecified atom stereocenters. The molecule has 9 nitrogen and oxygen atoms in total. The van der Waals surface area contributed by atoms with Gasteiger partial charge in [-0.15, -0.1) is 0 Å². The predicted octanol–water partition coefficient (Wildman–Crippen LogP) is 4.47. The highest BCUT2D eigenvalue weighted by molar-refractivity contribution is 7.92. The fourth-order valence-corrected chi connectivity index (χ4v) is 6.70. The fraction of sp³-hybridized carbons (Fsp3) is 0.500. The largest absolute Gasteiger partial charge is 0.490 e. The maximum Gasteiger partial charge on any atom is 0.490 e. The lowest BCUT2D eigenvalue weighted by atomic mass is 10.1. The van der Waals surface area contributed by atoms with E-state index < -0.39 is 22.2 Å². The monoisotopic (exact) mass is 598 g/mol. The molecule has 0 saturated carbocycles. The Morgan fingerprint density at radius 2 is 1.44 bits per heavy atom. The summed E-state index contributed by atoms with van der Waals surface area (Å²) in [6.45, 7) is 10.3. The van der Waals surface area contributed by atoms with Crippen LogP contribution in [0.5, 0.6) is 0 Å². The fourth-order valence-electron chi connectivity index (χ4n) is 5.18. The quantitative estimate of drug-likeness (QED) is 0.465. The molecule has 1 amide bonds. The lowest BCUT2D eigenvalue weighted by Gasteiger charge is -2.31. The number of nitrogens with zero attached hydrogens (tertiary/aromatic N) is 2. The first-order valence-electron chi connectivity index (χ1n) is 13.5. The molecule has 2 heterocycles. The standard InChI is InChI=1S/C26H36N4O3S.C2HF3O2/c1-19-16-20(2)25(21(3)17-19)34(32,33)28-23-18-22(26(31)30-12-6-4-5-7-13-30)8-9-24(23)29-14-10-27-11-15-29;3-2(4,5)1(6)7/h8-9,16-18,27-28H,4-7,10-15H2,1-3H3;(H,6,7). The van der Waals surface area contributed by atoms with Crippen LogP contribution in [-0.4, -0.2) is 75.7 Å². The molecule has 2 aromatic carbocycles.